The maximum Gasteiger partial charge on any atom is 0.407 e. The first-order chi connectivity index (χ1) is 12.4. The number of aromatic nitrogens is 1. The molecule has 0 aliphatic heterocycles. The Kier molecular flexibility index (Phi) is 6.84. The van der Waals surface area contributed by atoms with Crippen molar-refractivity contribution in [3.63, 3.8) is 0 Å². The number of carbonyl (C=O) groups excluding carboxylic acids is 1. The Morgan fingerprint density at radius 1 is 1.31 bits per heavy atom. The molecule has 0 fully saturated rings. The molecule has 9 nitrogen and oxygen atoms in total. The smallest absolute Gasteiger partial charge is 0.407 e. The van der Waals surface area contributed by atoms with Gasteiger partial charge in [0.25, 0.3) is 0 Å². The number of carbonyl (C=O) groups is 1. The average molecular weight is 382 g/mol. The predicted molar refractivity (Wildman–Crippen MR) is 91.5 cm³/mol. The van der Waals surface area contributed by atoms with Gasteiger partial charge in [-0.15, -0.1) is 0 Å². The van der Waals surface area contributed by atoms with Crippen LogP contribution in [0.4, 0.5) is 10.5 Å². The molecule has 0 bridgehead atoms. The van der Waals surface area contributed by atoms with Crippen molar-refractivity contribution in [2.75, 3.05) is 6.54 Å². The Morgan fingerprint density at radius 2 is 2.00 bits per heavy atom. The first-order valence-electron chi connectivity index (χ1n) is 7.48. The van der Waals surface area contributed by atoms with Crippen molar-refractivity contribution >= 4 is 23.4 Å². The highest BCUT2D eigenvalue weighted by Crippen LogP contribution is 2.31. The van der Waals surface area contributed by atoms with Crippen molar-refractivity contribution in [1.29, 1.82) is 0 Å². The van der Waals surface area contributed by atoms with E-state index in [1.165, 1.54) is 0 Å². The number of alkyl carbamates (subject to hydrolysis) is 1. The number of rotatable bonds is 7. The van der Waals surface area contributed by atoms with Gasteiger partial charge in [-0.3, -0.25) is 15.1 Å². The van der Waals surface area contributed by atoms with E-state index in [2.05, 4.69) is 10.3 Å². The fraction of sp³-hybridized carbons (Fsp3) is 0.250. The molecule has 10 heteroatoms. The lowest BCUT2D eigenvalue weighted by Crippen LogP contribution is -2.35. The van der Waals surface area contributed by atoms with Crippen LogP contribution < -0.4 is 5.32 Å². The SMILES string of the molecule is O=C(NCC(O)C(O)c1cncc([N+](=O)[O-])c1Cl)OCc1ccccc1. The van der Waals surface area contributed by atoms with Gasteiger partial charge < -0.3 is 20.3 Å². The average Bonchev–Trinajstić information content (AvgIpc) is 2.64. The Balaban J connectivity index is 1.89. The van der Waals surface area contributed by atoms with Crippen molar-refractivity contribution < 1.29 is 24.7 Å². The summed E-state index contributed by atoms with van der Waals surface area (Å²) in [4.78, 5) is 25.3. The molecule has 1 amide bonds. The molecular formula is C16H16ClN3O6. The van der Waals surface area contributed by atoms with Crippen LogP contribution in [0.2, 0.25) is 5.02 Å². The molecule has 0 aliphatic rings. The van der Waals surface area contributed by atoms with Crippen molar-refractivity contribution in [2.24, 2.45) is 0 Å². The minimum atomic E-state index is -1.58. The summed E-state index contributed by atoms with van der Waals surface area (Å²) in [5.41, 5.74) is 0.177. The van der Waals surface area contributed by atoms with Gasteiger partial charge in [-0.2, -0.15) is 0 Å². The maximum atomic E-state index is 11.6. The first-order valence-corrected chi connectivity index (χ1v) is 7.86. The van der Waals surface area contributed by atoms with Gasteiger partial charge in [0.15, 0.2) is 0 Å². The number of nitrogens with one attached hydrogen (secondary N) is 1. The molecule has 2 aromatic rings. The molecule has 1 aromatic heterocycles. The van der Waals surface area contributed by atoms with E-state index in [1.807, 2.05) is 6.07 Å². The van der Waals surface area contributed by atoms with Gasteiger partial charge in [-0.05, 0) is 5.56 Å². The summed E-state index contributed by atoms with van der Waals surface area (Å²) in [5.74, 6) is 0. The van der Waals surface area contributed by atoms with Gasteiger partial charge in [-0.25, -0.2) is 4.79 Å². The molecule has 2 atom stereocenters. The number of benzene rings is 1. The molecule has 0 spiro atoms. The summed E-state index contributed by atoms with van der Waals surface area (Å²) in [6, 6.07) is 8.99. The number of halogens is 1. The number of hydrogen-bond donors (Lipinski definition) is 3. The van der Waals surface area contributed by atoms with Crippen LogP contribution in [0.25, 0.3) is 0 Å². The highest BCUT2D eigenvalue weighted by molar-refractivity contribution is 6.33. The van der Waals surface area contributed by atoms with Crippen LogP contribution in [-0.4, -0.2) is 38.9 Å². The zero-order valence-corrected chi connectivity index (χ0v) is 14.2. The standard InChI is InChI=1S/C16H16ClN3O6/c17-14-11(6-18-7-12(14)20(24)25)15(22)13(21)8-19-16(23)26-9-10-4-2-1-3-5-10/h1-7,13,15,21-22H,8-9H2,(H,19,23). The number of aliphatic hydroxyl groups is 2. The first kappa shape index (κ1) is 19.6. The molecule has 0 saturated heterocycles. The largest absolute Gasteiger partial charge is 0.445 e. The number of aliphatic hydroxyl groups excluding tert-OH is 2. The third-order valence-corrected chi connectivity index (χ3v) is 3.85. The maximum absolute atomic E-state index is 11.6. The number of pyridine rings is 1. The van der Waals surface area contributed by atoms with Crippen molar-refractivity contribution in [3.8, 4) is 0 Å². The molecule has 0 radical (unpaired) electrons. The van der Waals surface area contributed by atoms with Crippen molar-refractivity contribution in [2.45, 2.75) is 18.8 Å². The van der Waals surface area contributed by atoms with Gasteiger partial charge in [-0.1, -0.05) is 41.9 Å². The fourth-order valence-electron chi connectivity index (χ4n) is 2.06. The van der Waals surface area contributed by atoms with Crippen LogP contribution in [0, 0.1) is 10.1 Å². The molecule has 2 unspecified atom stereocenters. The highest BCUT2D eigenvalue weighted by atomic mass is 35.5. The number of hydrogen-bond acceptors (Lipinski definition) is 7. The van der Waals surface area contributed by atoms with Gasteiger partial charge in [0, 0.05) is 18.3 Å². The summed E-state index contributed by atoms with van der Waals surface area (Å²) in [6.07, 6.45) is -1.80. The topological polar surface area (TPSA) is 135 Å². The van der Waals surface area contributed by atoms with E-state index < -0.39 is 28.9 Å². The third-order valence-electron chi connectivity index (χ3n) is 3.44. The van der Waals surface area contributed by atoms with Gasteiger partial charge in [0.2, 0.25) is 0 Å². The minimum absolute atomic E-state index is 0.0476. The van der Waals surface area contributed by atoms with E-state index in [-0.39, 0.29) is 23.7 Å². The number of amides is 1. The lowest BCUT2D eigenvalue weighted by Gasteiger charge is -2.19. The molecule has 3 N–H and O–H groups in total. The number of ether oxygens (including phenoxy) is 1. The lowest BCUT2D eigenvalue weighted by atomic mass is 10.1. The number of nitro groups is 1. The molecular weight excluding hydrogens is 366 g/mol. The van der Waals surface area contributed by atoms with Crippen LogP contribution in [0.3, 0.4) is 0 Å². The summed E-state index contributed by atoms with van der Waals surface area (Å²) in [7, 11) is 0. The quantitative estimate of drug-likeness (QED) is 0.492. The van der Waals surface area contributed by atoms with Gasteiger partial charge in [0.05, 0.1) is 4.92 Å². The third kappa shape index (κ3) is 5.12. The second-order valence-electron chi connectivity index (χ2n) is 5.27. The highest BCUT2D eigenvalue weighted by Gasteiger charge is 2.26. The minimum Gasteiger partial charge on any atom is -0.445 e. The Hall–Kier alpha value is -2.75. The zero-order chi connectivity index (χ0) is 19.1. The van der Waals surface area contributed by atoms with Crippen LogP contribution in [0.5, 0.6) is 0 Å². The molecule has 2 rings (SSSR count). The monoisotopic (exact) mass is 381 g/mol. The zero-order valence-electron chi connectivity index (χ0n) is 13.4. The van der Waals surface area contributed by atoms with E-state index in [0.29, 0.717) is 0 Å². The molecule has 138 valence electrons. The van der Waals surface area contributed by atoms with E-state index in [1.54, 1.807) is 24.3 Å². The van der Waals surface area contributed by atoms with Crippen molar-refractivity contribution in [1.82, 2.24) is 10.3 Å². The number of nitrogens with zero attached hydrogens (tertiary/aromatic N) is 2. The van der Waals surface area contributed by atoms with Crippen LogP contribution >= 0.6 is 11.6 Å². The summed E-state index contributed by atoms with van der Waals surface area (Å²) < 4.78 is 4.97. The van der Waals surface area contributed by atoms with E-state index in [9.17, 15) is 25.1 Å². The van der Waals surface area contributed by atoms with Gasteiger partial charge in [0.1, 0.15) is 30.0 Å². The summed E-state index contributed by atoms with van der Waals surface area (Å²) >= 11 is 5.86. The van der Waals surface area contributed by atoms with E-state index in [4.69, 9.17) is 16.3 Å². The Morgan fingerprint density at radius 3 is 2.65 bits per heavy atom. The van der Waals surface area contributed by atoms with Crippen LogP contribution in [0.15, 0.2) is 42.7 Å². The predicted octanol–water partition coefficient (Wildman–Crippen LogP) is 1.96. The fourth-order valence-corrected chi connectivity index (χ4v) is 2.34. The normalized spacial score (nSPS) is 12.9. The second kappa shape index (κ2) is 9.09. The molecule has 0 saturated carbocycles. The molecule has 1 aromatic carbocycles. The van der Waals surface area contributed by atoms with Gasteiger partial charge >= 0.3 is 11.8 Å². The Bertz CT molecular complexity index is 774. The second-order valence-corrected chi connectivity index (χ2v) is 5.65. The summed E-state index contributed by atoms with van der Waals surface area (Å²) in [6.45, 7) is -0.306. The Labute approximate surface area is 153 Å². The van der Waals surface area contributed by atoms with Crippen LogP contribution in [-0.2, 0) is 11.3 Å². The lowest BCUT2D eigenvalue weighted by molar-refractivity contribution is -0.385. The molecule has 26 heavy (non-hydrogen) atoms. The van der Waals surface area contributed by atoms with Crippen molar-refractivity contribution in [3.05, 3.63) is 69.0 Å². The summed E-state index contributed by atoms with van der Waals surface area (Å²) in [5, 5.41) is 32.9. The van der Waals surface area contributed by atoms with E-state index >= 15 is 0 Å². The van der Waals surface area contributed by atoms with E-state index in [0.717, 1.165) is 18.0 Å². The van der Waals surface area contributed by atoms with Crippen LogP contribution in [0.1, 0.15) is 17.2 Å². The molecule has 0 aliphatic carbocycles. The molecule has 1 heterocycles.